The van der Waals surface area contributed by atoms with Gasteiger partial charge in [0.05, 0.1) is 12.0 Å². The van der Waals surface area contributed by atoms with Crippen molar-refractivity contribution in [3.8, 4) is 17.2 Å². The van der Waals surface area contributed by atoms with Crippen LogP contribution in [-0.4, -0.2) is 16.9 Å². The Morgan fingerprint density at radius 1 is 0.897 bits per heavy atom. The van der Waals surface area contributed by atoms with E-state index >= 15 is 0 Å². The second kappa shape index (κ2) is 6.63. The van der Waals surface area contributed by atoms with Gasteiger partial charge in [0, 0.05) is 11.5 Å². The minimum absolute atomic E-state index is 0.128. The average Bonchev–Trinajstić information content (AvgIpc) is 3.04. The van der Waals surface area contributed by atoms with Gasteiger partial charge in [0.1, 0.15) is 17.2 Å². The van der Waals surface area contributed by atoms with Gasteiger partial charge in [0.2, 0.25) is 5.78 Å². The summed E-state index contributed by atoms with van der Waals surface area (Å²) in [6.45, 7) is 0. The van der Waals surface area contributed by atoms with E-state index in [0.29, 0.717) is 22.6 Å². The summed E-state index contributed by atoms with van der Waals surface area (Å²) in [5.74, 6) is 0.330. The molecule has 2 heterocycles. The maximum atomic E-state index is 12.9. The topological polar surface area (TPSA) is 72.8 Å². The lowest BCUT2D eigenvalue weighted by Gasteiger charge is -2.26. The molecule has 0 radical (unpaired) electrons. The van der Waals surface area contributed by atoms with E-state index in [4.69, 9.17) is 9.47 Å². The van der Waals surface area contributed by atoms with Gasteiger partial charge in [-0.2, -0.15) is 0 Å². The highest BCUT2D eigenvalue weighted by molar-refractivity contribution is 6.15. The molecule has 0 saturated carbocycles. The lowest BCUT2D eigenvalue weighted by Crippen LogP contribution is -2.21. The number of benzene rings is 3. The number of aromatic hydroxyl groups is 1. The molecule has 0 aliphatic carbocycles. The minimum atomic E-state index is -0.347. The number of ketones is 1. The van der Waals surface area contributed by atoms with Crippen LogP contribution in [0.3, 0.4) is 0 Å². The molecule has 3 aromatic carbocycles. The van der Waals surface area contributed by atoms with Crippen LogP contribution in [0.15, 0.2) is 72.5 Å². The second-order valence-electron chi connectivity index (χ2n) is 7.03. The highest BCUT2D eigenvalue weighted by Gasteiger charge is 2.38. The number of carbonyl (C=O) groups is 2. The van der Waals surface area contributed by atoms with E-state index in [0.717, 1.165) is 11.1 Å². The zero-order chi connectivity index (χ0) is 20.0. The Morgan fingerprint density at radius 3 is 2.41 bits per heavy atom. The molecular formula is C24H16O5. The van der Waals surface area contributed by atoms with Crippen LogP contribution in [-0.2, 0) is 4.79 Å². The molecule has 0 amide bonds. The largest absolute Gasteiger partial charge is 0.508 e. The SMILES string of the molecule is O=C1C[C@H](c2ccc(O)cc2)c2c(ccc3c2O/C(=C\c2ccccc2)C3=O)O1. The number of phenols is 1. The molecule has 5 rings (SSSR count). The molecule has 0 unspecified atom stereocenters. The first kappa shape index (κ1) is 17.3. The van der Waals surface area contributed by atoms with E-state index in [1.165, 1.54) is 0 Å². The summed E-state index contributed by atoms with van der Waals surface area (Å²) < 4.78 is 11.4. The Hall–Kier alpha value is -3.86. The Balaban J connectivity index is 1.62. The molecule has 3 aromatic rings. The van der Waals surface area contributed by atoms with Crippen molar-refractivity contribution in [1.82, 2.24) is 0 Å². The van der Waals surface area contributed by atoms with E-state index in [9.17, 15) is 14.7 Å². The van der Waals surface area contributed by atoms with Crippen LogP contribution in [0.5, 0.6) is 17.2 Å². The summed E-state index contributed by atoms with van der Waals surface area (Å²) in [6.07, 6.45) is 1.84. The summed E-state index contributed by atoms with van der Waals surface area (Å²) in [5, 5.41) is 9.60. The van der Waals surface area contributed by atoms with Crippen LogP contribution in [0.25, 0.3) is 6.08 Å². The number of hydrogen-bond donors (Lipinski definition) is 1. The highest BCUT2D eigenvalue weighted by atomic mass is 16.5. The third kappa shape index (κ3) is 2.97. The van der Waals surface area contributed by atoms with Gasteiger partial charge in [-0.3, -0.25) is 9.59 Å². The molecule has 0 spiro atoms. The van der Waals surface area contributed by atoms with Gasteiger partial charge >= 0.3 is 5.97 Å². The van der Waals surface area contributed by atoms with Crippen LogP contribution < -0.4 is 9.47 Å². The molecule has 1 atom stereocenters. The average molecular weight is 384 g/mol. The van der Waals surface area contributed by atoms with E-state index in [-0.39, 0.29) is 35.6 Å². The summed E-state index contributed by atoms with van der Waals surface area (Å²) in [6, 6.07) is 19.4. The Bertz CT molecular complexity index is 1160. The van der Waals surface area contributed by atoms with Gasteiger partial charge in [-0.1, -0.05) is 42.5 Å². The fourth-order valence-corrected chi connectivity index (χ4v) is 3.80. The Kier molecular flexibility index (Phi) is 3.95. The molecule has 29 heavy (non-hydrogen) atoms. The van der Waals surface area contributed by atoms with Crippen molar-refractivity contribution in [3.05, 3.63) is 94.7 Å². The van der Waals surface area contributed by atoms with Crippen LogP contribution in [0.2, 0.25) is 0 Å². The number of fused-ring (bicyclic) bond motifs is 3. The highest BCUT2D eigenvalue weighted by Crippen LogP contribution is 2.49. The molecule has 2 aliphatic rings. The zero-order valence-corrected chi connectivity index (χ0v) is 15.3. The number of allylic oxidation sites excluding steroid dienone is 1. The molecule has 0 saturated heterocycles. The minimum Gasteiger partial charge on any atom is -0.508 e. The number of ether oxygens (including phenoxy) is 2. The molecular weight excluding hydrogens is 368 g/mol. The smallest absolute Gasteiger partial charge is 0.312 e. The van der Waals surface area contributed by atoms with E-state index < -0.39 is 0 Å². The van der Waals surface area contributed by atoms with Gasteiger partial charge in [0.15, 0.2) is 5.76 Å². The maximum Gasteiger partial charge on any atom is 0.312 e. The van der Waals surface area contributed by atoms with Crippen molar-refractivity contribution < 1.29 is 24.2 Å². The number of esters is 1. The zero-order valence-electron chi connectivity index (χ0n) is 15.3. The number of Topliss-reactive ketones (excluding diaryl/α,β-unsaturated/α-hetero) is 1. The molecule has 5 heteroatoms. The first-order valence-electron chi connectivity index (χ1n) is 9.26. The van der Waals surface area contributed by atoms with Crippen molar-refractivity contribution >= 4 is 17.8 Å². The van der Waals surface area contributed by atoms with E-state index in [1.54, 1.807) is 42.5 Å². The fourth-order valence-electron chi connectivity index (χ4n) is 3.80. The Morgan fingerprint density at radius 2 is 1.66 bits per heavy atom. The van der Waals surface area contributed by atoms with Gasteiger partial charge in [-0.05, 0) is 41.5 Å². The quantitative estimate of drug-likeness (QED) is 0.401. The van der Waals surface area contributed by atoms with Crippen molar-refractivity contribution in [2.24, 2.45) is 0 Å². The molecule has 0 aromatic heterocycles. The summed E-state index contributed by atoms with van der Waals surface area (Å²) in [5.41, 5.74) is 2.83. The van der Waals surface area contributed by atoms with Crippen molar-refractivity contribution in [1.29, 1.82) is 0 Å². The number of rotatable bonds is 2. The van der Waals surface area contributed by atoms with Gasteiger partial charge in [0.25, 0.3) is 0 Å². The maximum absolute atomic E-state index is 12.9. The van der Waals surface area contributed by atoms with Crippen molar-refractivity contribution in [2.75, 3.05) is 0 Å². The number of hydrogen-bond acceptors (Lipinski definition) is 5. The van der Waals surface area contributed by atoms with Crippen molar-refractivity contribution in [3.63, 3.8) is 0 Å². The molecule has 0 fully saturated rings. The van der Waals surface area contributed by atoms with Gasteiger partial charge in [-0.15, -0.1) is 0 Å². The van der Waals surface area contributed by atoms with Crippen LogP contribution in [0, 0.1) is 0 Å². The summed E-state index contributed by atoms with van der Waals surface area (Å²) in [7, 11) is 0. The number of carbonyl (C=O) groups excluding carboxylic acids is 2. The fraction of sp³-hybridized carbons (Fsp3) is 0.0833. The summed E-state index contributed by atoms with van der Waals surface area (Å²) >= 11 is 0. The molecule has 142 valence electrons. The number of phenolic OH excluding ortho intramolecular Hbond substituents is 1. The van der Waals surface area contributed by atoms with Crippen LogP contribution in [0.1, 0.15) is 39.4 Å². The van der Waals surface area contributed by atoms with Crippen LogP contribution in [0.4, 0.5) is 0 Å². The molecule has 1 N–H and O–H groups in total. The first-order valence-corrected chi connectivity index (χ1v) is 9.26. The first-order chi connectivity index (χ1) is 14.1. The lowest BCUT2D eigenvalue weighted by molar-refractivity contribution is -0.135. The Labute approximate surface area is 166 Å². The third-order valence-electron chi connectivity index (χ3n) is 5.17. The monoisotopic (exact) mass is 384 g/mol. The normalized spacial score (nSPS) is 18.8. The van der Waals surface area contributed by atoms with Crippen LogP contribution >= 0.6 is 0 Å². The molecule has 2 aliphatic heterocycles. The van der Waals surface area contributed by atoms with E-state index in [1.807, 2.05) is 30.3 Å². The third-order valence-corrected chi connectivity index (χ3v) is 5.17. The van der Waals surface area contributed by atoms with Crippen molar-refractivity contribution in [2.45, 2.75) is 12.3 Å². The van der Waals surface area contributed by atoms with Gasteiger partial charge < -0.3 is 14.6 Å². The van der Waals surface area contributed by atoms with Gasteiger partial charge in [-0.25, -0.2) is 0 Å². The molecule has 5 nitrogen and oxygen atoms in total. The van der Waals surface area contributed by atoms with E-state index in [2.05, 4.69) is 0 Å². The predicted octanol–water partition coefficient (Wildman–Crippen LogP) is 4.45. The second-order valence-corrected chi connectivity index (χ2v) is 7.03. The lowest BCUT2D eigenvalue weighted by atomic mass is 9.84. The molecule has 0 bridgehead atoms. The summed E-state index contributed by atoms with van der Waals surface area (Å²) in [4.78, 5) is 25.1. The predicted molar refractivity (Wildman–Crippen MR) is 106 cm³/mol. The standard InChI is InChI=1S/C24H16O5/c25-16-8-6-15(7-9-16)18-13-21(26)28-19-11-10-17-23(27)20(29-24(17)22(18)19)12-14-4-2-1-3-5-14/h1-12,18,25H,13H2/b20-12-/t18-/m1/s1.